The molecule has 1 amide bonds. The van der Waals surface area contributed by atoms with Crippen molar-refractivity contribution in [3.63, 3.8) is 0 Å². The third kappa shape index (κ3) is 10.1. The lowest BCUT2D eigenvalue weighted by Gasteiger charge is -2.22. The molecular formula is C17H32IN5O2S. The molecule has 1 aromatic rings. The van der Waals surface area contributed by atoms with Crippen LogP contribution in [0.25, 0.3) is 0 Å². The van der Waals surface area contributed by atoms with Gasteiger partial charge in [0.2, 0.25) is 0 Å². The van der Waals surface area contributed by atoms with E-state index in [1.54, 1.807) is 25.3 Å². The summed E-state index contributed by atoms with van der Waals surface area (Å²) in [6.07, 6.45) is 3.39. The Morgan fingerprint density at radius 2 is 2.08 bits per heavy atom. The smallest absolute Gasteiger partial charge is 0.407 e. The molecule has 0 radical (unpaired) electrons. The van der Waals surface area contributed by atoms with E-state index in [2.05, 4.69) is 46.7 Å². The summed E-state index contributed by atoms with van der Waals surface area (Å²) in [4.78, 5) is 21.6. The molecule has 1 heterocycles. The fourth-order valence-electron chi connectivity index (χ4n) is 2.29. The van der Waals surface area contributed by atoms with Crippen molar-refractivity contribution in [3.05, 3.63) is 16.1 Å². The first-order chi connectivity index (χ1) is 12.0. The van der Waals surface area contributed by atoms with Crippen LogP contribution in [0.4, 0.5) is 4.79 Å². The molecule has 1 rings (SSSR count). The highest BCUT2D eigenvalue weighted by Crippen LogP contribution is 2.12. The molecule has 0 aliphatic carbocycles. The maximum absolute atomic E-state index is 11.7. The number of nitrogens with one attached hydrogen (secondary N) is 3. The summed E-state index contributed by atoms with van der Waals surface area (Å²) >= 11 is 1.70. The number of thiazole rings is 1. The number of halogens is 1. The fraction of sp³-hybridized carbons (Fsp3) is 0.706. The van der Waals surface area contributed by atoms with Gasteiger partial charge in [-0.05, 0) is 25.7 Å². The van der Waals surface area contributed by atoms with Crippen LogP contribution in [0.5, 0.6) is 0 Å². The Balaban J connectivity index is 0.00000625. The van der Waals surface area contributed by atoms with Crippen LogP contribution in [0.2, 0.25) is 0 Å². The summed E-state index contributed by atoms with van der Waals surface area (Å²) in [6.45, 7) is 9.74. The van der Waals surface area contributed by atoms with E-state index in [1.165, 1.54) is 4.88 Å². The van der Waals surface area contributed by atoms with Crippen molar-refractivity contribution in [1.29, 1.82) is 0 Å². The predicted octanol–water partition coefficient (Wildman–Crippen LogP) is 3.15. The van der Waals surface area contributed by atoms with E-state index in [0.29, 0.717) is 31.6 Å². The summed E-state index contributed by atoms with van der Waals surface area (Å²) in [7, 11) is 1.73. The Bertz CT molecular complexity index is 551. The van der Waals surface area contributed by atoms with E-state index in [-0.39, 0.29) is 36.1 Å². The van der Waals surface area contributed by atoms with Crippen LogP contribution in [0.15, 0.2) is 11.2 Å². The predicted molar refractivity (Wildman–Crippen MR) is 119 cm³/mol. The summed E-state index contributed by atoms with van der Waals surface area (Å²) in [5.41, 5.74) is 0. The number of hydrogen-bond donors (Lipinski definition) is 3. The number of nitrogens with zero attached hydrogens (tertiary/aromatic N) is 2. The molecule has 0 spiro atoms. The van der Waals surface area contributed by atoms with Crippen LogP contribution in [-0.2, 0) is 17.7 Å². The SMILES string of the molecule is CCOC(=O)NC(CNC(=NC)NCc1ncc(CC)s1)CC(C)C.I. The van der Waals surface area contributed by atoms with Gasteiger partial charge in [-0.1, -0.05) is 20.8 Å². The highest BCUT2D eigenvalue weighted by Gasteiger charge is 2.15. The van der Waals surface area contributed by atoms with Gasteiger partial charge in [0.05, 0.1) is 13.2 Å². The Labute approximate surface area is 177 Å². The Morgan fingerprint density at radius 3 is 2.62 bits per heavy atom. The van der Waals surface area contributed by atoms with Crippen LogP contribution in [-0.4, -0.2) is 43.3 Å². The minimum absolute atomic E-state index is 0. The Morgan fingerprint density at radius 1 is 1.35 bits per heavy atom. The number of aryl methyl sites for hydroxylation is 1. The number of aliphatic imine (C=N–C) groups is 1. The van der Waals surface area contributed by atoms with Gasteiger partial charge in [0.1, 0.15) is 5.01 Å². The number of guanidine groups is 1. The van der Waals surface area contributed by atoms with E-state index in [1.807, 2.05) is 6.20 Å². The second-order valence-electron chi connectivity index (χ2n) is 6.07. The maximum atomic E-state index is 11.7. The lowest BCUT2D eigenvalue weighted by molar-refractivity contribution is 0.146. The molecule has 0 aliphatic rings. The molecule has 7 nitrogen and oxygen atoms in total. The molecule has 0 fully saturated rings. The second-order valence-corrected chi connectivity index (χ2v) is 7.27. The minimum Gasteiger partial charge on any atom is -0.450 e. The van der Waals surface area contributed by atoms with Crippen molar-refractivity contribution in [2.45, 2.75) is 53.1 Å². The standard InChI is InChI=1S/C17H31N5O2S.HI/c1-6-14-10-19-15(25-14)11-21-16(18-5)20-9-13(8-12(3)4)22-17(23)24-7-2;/h10,12-13H,6-9,11H2,1-5H3,(H,22,23)(H2,18,20,21);1H. The number of carbonyl (C=O) groups excluding carboxylic acids is 1. The number of aromatic nitrogens is 1. The van der Waals surface area contributed by atoms with E-state index in [4.69, 9.17) is 4.74 Å². The number of carbonyl (C=O) groups is 1. The number of alkyl carbamates (subject to hydrolysis) is 1. The van der Waals surface area contributed by atoms with Crippen molar-refractivity contribution in [3.8, 4) is 0 Å². The molecule has 3 N–H and O–H groups in total. The second kappa shape index (κ2) is 14.0. The Kier molecular flexibility index (Phi) is 13.4. The van der Waals surface area contributed by atoms with Gasteiger partial charge in [0.15, 0.2) is 5.96 Å². The lowest BCUT2D eigenvalue weighted by atomic mass is 10.0. The first-order valence-corrected chi connectivity index (χ1v) is 9.61. The third-order valence-electron chi connectivity index (χ3n) is 3.45. The summed E-state index contributed by atoms with van der Waals surface area (Å²) in [5, 5.41) is 10.4. The highest BCUT2D eigenvalue weighted by molar-refractivity contribution is 14.0. The van der Waals surface area contributed by atoms with Crippen LogP contribution < -0.4 is 16.0 Å². The molecular weight excluding hydrogens is 465 g/mol. The molecule has 26 heavy (non-hydrogen) atoms. The maximum Gasteiger partial charge on any atom is 0.407 e. The number of hydrogen-bond acceptors (Lipinski definition) is 5. The first kappa shape index (κ1) is 24.9. The largest absolute Gasteiger partial charge is 0.450 e. The van der Waals surface area contributed by atoms with Crippen LogP contribution >= 0.6 is 35.3 Å². The fourth-order valence-corrected chi connectivity index (χ4v) is 3.10. The van der Waals surface area contributed by atoms with Gasteiger partial charge in [-0.15, -0.1) is 35.3 Å². The molecule has 0 saturated heterocycles. The van der Waals surface area contributed by atoms with Crippen molar-refractivity contribution in [2.75, 3.05) is 20.2 Å². The van der Waals surface area contributed by atoms with Gasteiger partial charge < -0.3 is 20.7 Å². The van der Waals surface area contributed by atoms with Gasteiger partial charge in [0.25, 0.3) is 0 Å². The summed E-state index contributed by atoms with van der Waals surface area (Å²) in [6, 6.07) is -0.0239. The molecule has 0 bridgehead atoms. The molecule has 1 atom stereocenters. The summed E-state index contributed by atoms with van der Waals surface area (Å²) < 4.78 is 4.97. The highest BCUT2D eigenvalue weighted by atomic mass is 127. The van der Waals surface area contributed by atoms with Gasteiger partial charge >= 0.3 is 6.09 Å². The average Bonchev–Trinajstić information content (AvgIpc) is 3.02. The molecule has 0 aliphatic heterocycles. The Hall–Kier alpha value is -1.10. The van der Waals surface area contributed by atoms with Crippen molar-refractivity contribution >= 4 is 47.4 Å². The van der Waals surface area contributed by atoms with E-state index < -0.39 is 0 Å². The van der Waals surface area contributed by atoms with Crippen LogP contribution in [0, 0.1) is 5.92 Å². The third-order valence-corrected chi connectivity index (χ3v) is 4.59. The van der Waals surface area contributed by atoms with Gasteiger partial charge in [0, 0.05) is 30.7 Å². The van der Waals surface area contributed by atoms with E-state index in [9.17, 15) is 4.79 Å². The van der Waals surface area contributed by atoms with Crippen molar-refractivity contribution < 1.29 is 9.53 Å². The lowest BCUT2D eigenvalue weighted by Crippen LogP contribution is -2.47. The number of ether oxygens (including phenoxy) is 1. The molecule has 150 valence electrons. The van der Waals surface area contributed by atoms with Gasteiger partial charge in [-0.2, -0.15) is 0 Å². The molecule has 0 aromatic carbocycles. The van der Waals surface area contributed by atoms with E-state index in [0.717, 1.165) is 17.8 Å². The number of rotatable bonds is 9. The van der Waals surface area contributed by atoms with Crippen LogP contribution in [0.3, 0.4) is 0 Å². The quantitative estimate of drug-likeness (QED) is 0.277. The van der Waals surface area contributed by atoms with Crippen molar-refractivity contribution in [1.82, 2.24) is 20.9 Å². The van der Waals surface area contributed by atoms with Gasteiger partial charge in [-0.3, -0.25) is 4.99 Å². The molecule has 9 heteroatoms. The topological polar surface area (TPSA) is 87.6 Å². The average molecular weight is 497 g/mol. The normalized spacial score (nSPS) is 12.3. The summed E-state index contributed by atoms with van der Waals surface area (Å²) in [5.74, 6) is 1.15. The number of amides is 1. The van der Waals surface area contributed by atoms with Gasteiger partial charge in [-0.25, -0.2) is 9.78 Å². The monoisotopic (exact) mass is 497 g/mol. The van der Waals surface area contributed by atoms with E-state index >= 15 is 0 Å². The van der Waals surface area contributed by atoms with Crippen molar-refractivity contribution in [2.24, 2.45) is 10.9 Å². The minimum atomic E-state index is -0.382. The zero-order chi connectivity index (χ0) is 18.7. The molecule has 1 aromatic heterocycles. The zero-order valence-electron chi connectivity index (χ0n) is 16.3. The molecule has 1 unspecified atom stereocenters. The zero-order valence-corrected chi connectivity index (χ0v) is 19.4. The first-order valence-electron chi connectivity index (χ1n) is 8.79. The molecule has 0 saturated carbocycles. The van der Waals surface area contributed by atoms with Crippen LogP contribution in [0.1, 0.15) is 44.0 Å².